The van der Waals surface area contributed by atoms with Crippen LogP contribution in [0.15, 0.2) is 24.3 Å². The number of nitrogens with one attached hydrogen (secondary N) is 1. The Morgan fingerprint density at radius 2 is 1.82 bits per heavy atom. The summed E-state index contributed by atoms with van der Waals surface area (Å²) in [7, 11) is 0. The van der Waals surface area contributed by atoms with E-state index < -0.39 is 24.0 Å². The van der Waals surface area contributed by atoms with Gasteiger partial charge in [-0.15, -0.1) is 0 Å². The average molecular weight is 387 g/mol. The summed E-state index contributed by atoms with van der Waals surface area (Å²) in [4.78, 5) is 51.7. The van der Waals surface area contributed by atoms with E-state index in [-0.39, 0.29) is 18.4 Å². The Hall–Kier alpha value is -2.90. The first kappa shape index (κ1) is 19.9. The van der Waals surface area contributed by atoms with E-state index in [2.05, 4.69) is 5.32 Å². The Balaban J connectivity index is 1.51. The fraction of sp³-hybridized carbons (Fsp3) is 0.500. The zero-order valence-electron chi connectivity index (χ0n) is 16.1. The Morgan fingerprint density at radius 3 is 2.43 bits per heavy atom. The number of carbonyl (C=O) groups is 4. The van der Waals surface area contributed by atoms with E-state index in [0.717, 1.165) is 10.5 Å². The first-order valence-electron chi connectivity index (χ1n) is 9.53. The van der Waals surface area contributed by atoms with Gasteiger partial charge in [-0.25, -0.2) is 4.79 Å². The minimum absolute atomic E-state index is 0.0338. The number of rotatable bonds is 4. The second-order valence-corrected chi connectivity index (χ2v) is 7.18. The quantitative estimate of drug-likeness (QED) is 0.787. The molecule has 1 atom stereocenters. The number of urea groups is 1. The molecule has 8 heteroatoms. The van der Waals surface area contributed by atoms with Crippen LogP contribution in [0.25, 0.3) is 0 Å². The van der Waals surface area contributed by atoms with Gasteiger partial charge in [-0.3, -0.25) is 19.3 Å². The van der Waals surface area contributed by atoms with Crippen LogP contribution in [0.2, 0.25) is 0 Å². The maximum absolute atomic E-state index is 12.7. The SMILES string of the molecule is Cc1ccccc1C(=O)N1CCC(C(=O)O[C@@H](C)C(=O)N2CCNC2=O)CC1. The van der Waals surface area contributed by atoms with E-state index >= 15 is 0 Å². The third-order valence-electron chi connectivity index (χ3n) is 5.25. The molecule has 0 saturated carbocycles. The smallest absolute Gasteiger partial charge is 0.324 e. The number of piperidine rings is 1. The van der Waals surface area contributed by atoms with Crippen LogP contribution in [0, 0.1) is 12.8 Å². The summed E-state index contributed by atoms with van der Waals surface area (Å²) in [6, 6.07) is 6.97. The number of aryl methyl sites for hydroxylation is 1. The maximum Gasteiger partial charge on any atom is 0.324 e. The van der Waals surface area contributed by atoms with E-state index in [1.807, 2.05) is 25.1 Å². The predicted octanol–water partition coefficient (Wildman–Crippen LogP) is 1.33. The Bertz CT molecular complexity index is 786. The van der Waals surface area contributed by atoms with Gasteiger partial charge in [-0.1, -0.05) is 18.2 Å². The van der Waals surface area contributed by atoms with E-state index in [0.29, 0.717) is 38.0 Å². The monoisotopic (exact) mass is 387 g/mol. The van der Waals surface area contributed by atoms with Crippen molar-refractivity contribution in [2.45, 2.75) is 32.8 Å². The van der Waals surface area contributed by atoms with Crippen molar-refractivity contribution in [3.05, 3.63) is 35.4 Å². The molecule has 4 amide bonds. The fourth-order valence-electron chi connectivity index (χ4n) is 3.52. The van der Waals surface area contributed by atoms with Crippen LogP contribution in [0.1, 0.15) is 35.7 Å². The Labute approximate surface area is 163 Å². The summed E-state index contributed by atoms with van der Waals surface area (Å²) in [6.45, 7) is 4.98. The number of nitrogens with zero attached hydrogens (tertiary/aromatic N) is 2. The van der Waals surface area contributed by atoms with Gasteiger partial charge in [0.2, 0.25) is 0 Å². The van der Waals surface area contributed by atoms with Crippen molar-refractivity contribution < 1.29 is 23.9 Å². The van der Waals surface area contributed by atoms with E-state index in [9.17, 15) is 19.2 Å². The lowest BCUT2D eigenvalue weighted by molar-refractivity contribution is -0.162. The lowest BCUT2D eigenvalue weighted by atomic mass is 9.96. The molecule has 1 N–H and O–H groups in total. The number of hydrogen-bond donors (Lipinski definition) is 1. The normalized spacial score (nSPS) is 18.6. The van der Waals surface area contributed by atoms with Gasteiger partial charge in [-0.05, 0) is 38.3 Å². The molecule has 0 aromatic heterocycles. The number of benzene rings is 1. The molecule has 8 nitrogen and oxygen atoms in total. The van der Waals surface area contributed by atoms with E-state index in [1.165, 1.54) is 6.92 Å². The molecule has 0 aliphatic carbocycles. The molecule has 28 heavy (non-hydrogen) atoms. The predicted molar refractivity (Wildman–Crippen MR) is 100 cm³/mol. The van der Waals surface area contributed by atoms with Gasteiger partial charge in [0.25, 0.3) is 11.8 Å². The van der Waals surface area contributed by atoms with Crippen molar-refractivity contribution in [1.82, 2.24) is 15.1 Å². The summed E-state index contributed by atoms with van der Waals surface area (Å²) in [5.74, 6) is -1.36. The average Bonchev–Trinajstić information content (AvgIpc) is 3.13. The molecule has 0 radical (unpaired) electrons. The molecule has 0 bridgehead atoms. The van der Waals surface area contributed by atoms with Crippen LogP contribution in [0.4, 0.5) is 4.79 Å². The van der Waals surface area contributed by atoms with Crippen molar-refractivity contribution in [3.8, 4) is 0 Å². The lowest BCUT2D eigenvalue weighted by Gasteiger charge is -2.32. The molecule has 1 aromatic rings. The minimum Gasteiger partial charge on any atom is -0.452 e. The number of hydrogen-bond acceptors (Lipinski definition) is 5. The molecule has 2 fully saturated rings. The summed E-state index contributed by atoms with van der Waals surface area (Å²) < 4.78 is 5.30. The molecule has 3 rings (SSSR count). The van der Waals surface area contributed by atoms with Gasteiger partial charge in [-0.2, -0.15) is 0 Å². The summed E-state index contributed by atoms with van der Waals surface area (Å²) in [5.41, 5.74) is 1.60. The second-order valence-electron chi connectivity index (χ2n) is 7.18. The van der Waals surface area contributed by atoms with Crippen molar-refractivity contribution >= 4 is 23.8 Å². The first-order valence-corrected chi connectivity index (χ1v) is 9.53. The molecule has 2 aliphatic heterocycles. The van der Waals surface area contributed by atoms with Crippen LogP contribution in [0.3, 0.4) is 0 Å². The molecule has 2 heterocycles. The van der Waals surface area contributed by atoms with Crippen molar-refractivity contribution in [2.24, 2.45) is 5.92 Å². The highest BCUT2D eigenvalue weighted by Gasteiger charge is 2.34. The van der Waals surface area contributed by atoms with Gasteiger partial charge < -0.3 is 15.0 Å². The molecule has 0 spiro atoms. The molecule has 0 unspecified atom stereocenters. The highest BCUT2D eigenvalue weighted by molar-refractivity contribution is 5.98. The third kappa shape index (κ3) is 4.16. The standard InChI is InChI=1S/C20H25N3O5/c1-13-5-3-4-6-16(13)18(25)22-10-7-15(8-11-22)19(26)28-14(2)17(24)23-12-9-21-20(23)27/h3-6,14-15H,7-12H2,1-2H3,(H,21,27)/t14-/m0/s1. The zero-order chi connectivity index (χ0) is 20.3. The maximum atomic E-state index is 12.7. The van der Waals surface area contributed by atoms with Crippen molar-refractivity contribution in [3.63, 3.8) is 0 Å². The van der Waals surface area contributed by atoms with Crippen LogP contribution in [-0.4, -0.2) is 65.9 Å². The Morgan fingerprint density at radius 1 is 1.14 bits per heavy atom. The van der Waals surface area contributed by atoms with Crippen LogP contribution < -0.4 is 5.32 Å². The highest BCUT2D eigenvalue weighted by atomic mass is 16.5. The van der Waals surface area contributed by atoms with Gasteiger partial charge in [0.1, 0.15) is 0 Å². The topological polar surface area (TPSA) is 96.0 Å². The molecule has 2 aliphatic rings. The summed E-state index contributed by atoms with van der Waals surface area (Å²) >= 11 is 0. The minimum atomic E-state index is -1.01. The number of ether oxygens (including phenoxy) is 1. The summed E-state index contributed by atoms with van der Waals surface area (Å²) in [5, 5.41) is 2.54. The van der Waals surface area contributed by atoms with Gasteiger partial charge in [0.15, 0.2) is 6.10 Å². The summed E-state index contributed by atoms with van der Waals surface area (Å²) in [6.07, 6.45) is -0.0358. The third-order valence-corrected chi connectivity index (χ3v) is 5.25. The largest absolute Gasteiger partial charge is 0.452 e. The zero-order valence-corrected chi connectivity index (χ0v) is 16.1. The van der Waals surface area contributed by atoms with Crippen molar-refractivity contribution in [2.75, 3.05) is 26.2 Å². The lowest BCUT2D eigenvalue weighted by Crippen LogP contribution is -2.44. The number of esters is 1. The molecule has 1 aromatic carbocycles. The number of imide groups is 1. The van der Waals surface area contributed by atoms with Gasteiger partial charge in [0, 0.05) is 31.7 Å². The fourth-order valence-corrected chi connectivity index (χ4v) is 3.52. The van der Waals surface area contributed by atoms with Crippen LogP contribution in [0.5, 0.6) is 0 Å². The molecular formula is C20H25N3O5. The highest BCUT2D eigenvalue weighted by Crippen LogP contribution is 2.22. The van der Waals surface area contributed by atoms with E-state index in [4.69, 9.17) is 4.74 Å². The van der Waals surface area contributed by atoms with Crippen LogP contribution >= 0.6 is 0 Å². The number of likely N-dealkylation sites (tertiary alicyclic amines) is 1. The Kier molecular flexibility index (Phi) is 5.96. The van der Waals surface area contributed by atoms with E-state index in [1.54, 1.807) is 11.0 Å². The van der Waals surface area contributed by atoms with Crippen molar-refractivity contribution in [1.29, 1.82) is 0 Å². The van der Waals surface area contributed by atoms with Gasteiger partial charge in [0.05, 0.1) is 5.92 Å². The number of amides is 4. The van der Waals surface area contributed by atoms with Gasteiger partial charge >= 0.3 is 12.0 Å². The van der Waals surface area contributed by atoms with Crippen LogP contribution in [-0.2, 0) is 14.3 Å². The first-order chi connectivity index (χ1) is 13.4. The molecular weight excluding hydrogens is 362 g/mol. The number of carbonyl (C=O) groups excluding carboxylic acids is 4. The molecule has 2 saturated heterocycles. The molecule has 150 valence electrons. The second kappa shape index (κ2) is 8.41.